The maximum absolute atomic E-state index is 11.1. The molecule has 158 valence electrons. The number of guanidine groups is 1. The van der Waals surface area contributed by atoms with Crippen LogP contribution >= 0.6 is 0 Å². The second kappa shape index (κ2) is 13.4. The van der Waals surface area contributed by atoms with Gasteiger partial charge >= 0.3 is 5.97 Å². The molecule has 0 radical (unpaired) electrons. The molecule has 0 spiro atoms. The van der Waals surface area contributed by atoms with Crippen molar-refractivity contribution in [1.82, 2.24) is 20.4 Å². The van der Waals surface area contributed by atoms with Crippen molar-refractivity contribution in [3.63, 3.8) is 0 Å². The Morgan fingerprint density at radius 3 is 2.62 bits per heavy atom. The van der Waals surface area contributed by atoms with Crippen molar-refractivity contribution in [2.45, 2.75) is 45.4 Å². The summed E-state index contributed by atoms with van der Waals surface area (Å²) in [5, 5.41) is 10.9. The first kappa shape index (κ1) is 22.5. The summed E-state index contributed by atoms with van der Waals surface area (Å²) in [7, 11) is 1.43. The van der Waals surface area contributed by atoms with E-state index in [1.54, 1.807) is 6.20 Å². The Morgan fingerprint density at radius 2 is 1.93 bits per heavy atom. The third kappa shape index (κ3) is 8.81. The molecular formula is C22H33N5O2. The average Bonchev–Trinajstić information content (AvgIpc) is 3.28. The number of hydrogen-bond acceptors (Lipinski definition) is 4. The number of rotatable bonds is 12. The second-order valence-corrected chi connectivity index (χ2v) is 6.79. The van der Waals surface area contributed by atoms with Crippen LogP contribution in [0.3, 0.4) is 0 Å². The molecule has 29 heavy (non-hydrogen) atoms. The van der Waals surface area contributed by atoms with Gasteiger partial charge in [-0.3, -0.25) is 9.79 Å². The van der Waals surface area contributed by atoms with E-state index in [0.29, 0.717) is 6.42 Å². The predicted molar refractivity (Wildman–Crippen MR) is 116 cm³/mol. The number of esters is 1. The Hall–Kier alpha value is -2.83. The van der Waals surface area contributed by atoms with E-state index in [1.807, 2.05) is 16.9 Å². The van der Waals surface area contributed by atoms with E-state index in [1.165, 1.54) is 12.7 Å². The van der Waals surface area contributed by atoms with E-state index < -0.39 is 0 Å². The van der Waals surface area contributed by atoms with Gasteiger partial charge < -0.3 is 15.4 Å². The van der Waals surface area contributed by atoms with E-state index in [9.17, 15) is 4.79 Å². The van der Waals surface area contributed by atoms with Gasteiger partial charge in [0.1, 0.15) is 0 Å². The molecule has 0 aliphatic rings. The number of hydrogen-bond donors (Lipinski definition) is 2. The minimum absolute atomic E-state index is 0.127. The second-order valence-electron chi connectivity index (χ2n) is 6.79. The van der Waals surface area contributed by atoms with Gasteiger partial charge in [-0.2, -0.15) is 5.10 Å². The van der Waals surface area contributed by atoms with Crippen LogP contribution < -0.4 is 10.6 Å². The monoisotopic (exact) mass is 399 g/mol. The summed E-state index contributed by atoms with van der Waals surface area (Å²) >= 11 is 0. The number of unbranched alkanes of at least 4 members (excludes halogenated alkanes) is 3. The maximum atomic E-state index is 11.1. The topological polar surface area (TPSA) is 80.5 Å². The van der Waals surface area contributed by atoms with Gasteiger partial charge in [0.05, 0.1) is 12.8 Å². The van der Waals surface area contributed by atoms with Gasteiger partial charge in [-0.1, -0.05) is 25.0 Å². The fraction of sp³-hybridized carbons (Fsp3) is 0.500. The zero-order valence-corrected chi connectivity index (χ0v) is 17.6. The Balaban J connectivity index is 1.66. The molecular weight excluding hydrogens is 366 g/mol. The summed E-state index contributed by atoms with van der Waals surface area (Å²) in [6.45, 7) is 4.51. The van der Waals surface area contributed by atoms with E-state index in [-0.39, 0.29) is 5.97 Å². The molecule has 0 unspecified atom stereocenters. The van der Waals surface area contributed by atoms with E-state index in [0.717, 1.165) is 63.4 Å². The van der Waals surface area contributed by atoms with Gasteiger partial charge in [0.15, 0.2) is 5.96 Å². The van der Waals surface area contributed by atoms with Crippen LogP contribution in [0, 0.1) is 0 Å². The third-order valence-corrected chi connectivity index (χ3v) is 4.54. The molecule has 2 aromatic rings. The molecule has 1 heterocycles. The third-order valence-electron chi connectivity index (χ3n) is 4.54. The molecule has 0 aliphatic heterocycles. The summed E-state index contributed by atoms with van der Waals surface area (Å²) in [6.07, 6.45) is 9.16. The number of benzene rings is 1. The van der Waals surface area contributed by atoms with Crippen LogP contribution in [0.4, 0.5) is 0 Å². The first-order valence-corrected chi connectivity index (χ1v) is 10.4. The fourth-order valence-electron chi connectivity index (χ4n) is 2.93. The van der Waals surface area contributed by atoms with E-state index >= 15 is 0 Å². The highest BCUT2D eigenvalue weighted by Crippen LogP contribution is 2.09. The molecule has 0 fully saturated rings. The number of methoxy groups -OCH3 is 1. The number of nitrogens with one attached hydrogen (secondary N) is 2. The van der Waals surface area contributed by atoms with Gasteiger partial charge in [0.2, 0.25) is 0 Å². The Labute approximate surface area is 173 Å². The van der Waals surface area contributed by atoms with Gasteiger partial charge in [0.25, 0.3) is 0 Å². The maximum Gasteiger partial charge on any atom is 0.305 e. The zero-order chi connectivity index (χ0) is 20.7. The lowest BCUT2D eigenvalue weighted by Crippen LogP contribution is -2.38. The minimum atomic E-state index is -0.127. The molecule has 1 aromatic heterocycles. The summed E-state index contributed by atoms with van der Waals surface area (Å²) in [5.41, 5.74) is 2.34. The SMILES string of the molecule is CCNC(=NCCCCCCC(=O)OC)NCCc1ccc(-n2cccn2)cc1. The van der Waals surface area contributed by atoms with Crippen LogP contribution in [0.25, 0.3) is 5.69 Å². The summed E-state index contributed by atoms with van der Waals surface area (Å²) in [4.78, 5) is 15.7. The fourth-order valence-corrected chi connectivity index (χ4v) is 2.93. The van der Waals surface area contributed by atoms with Gasteiger partial charge in [0, 0.05) is 38.4 Å². The van der Waals surface area contributed by atoms with Crippen LogP contribution in [0.5, 0.6) is 0 Å². The summed E-state index contributed by atoms with van der Waals surface area (Å²) in [5.74, 6) is 0.730. The molecule has 0 saturated heterocycles. The van der Waals surface area contributed by atoms with Crippen molar-refractivity contribution in [2.75, 3.05) is 26.7 Å². The molecule has 0 atom stereocenters. The van der Waals surface area contributed by atoms with Crippen LogP contribution in [0.2, 0.25) is 0 Å². The van der Waals surface area contributed by atoms with E-state index in [2.05, 4.69) is 56.7 Å². The molecule has 1 aromatic carbocycles. The smallest absolute Gasteiger partial charge is 0.305 e. The van der Waals surface area contributed by atoms with Gasteiger partial charge in [-0.15, -0.1) is 0 Å². The van der Waals surface area contributed by atoms with Crippen LogP contribution in [0.15, 0.2) is 47.7 Å². The van der Waals surface area contributed by atoms with Crippen molar-refractivity contribution in [2.24, 2.45) is 4.99 Å². The quantitative estimate of drug-likeness (QED) is 0.248. The van der Waals surface area contributed by atoms with E-state index in [4.69, 9.17) is 0 Å². The highest BCUT2D eigenvalue weighted by Gasteiger charge is 2.01. The number of aromatic nitrogens is 2. The molecule has 0 aliphatic carbocycles. The first-order valence-electron chi connectivity index (χ1n) is 10.4. The number of carbonyl (C=O) groups excluding carboxylic acids is 1. The lowest BCUT2D eigenvalue weighted by Gasteiger charge is -2.11. The lowest BCUT2D eigenvalue weighted by molar-refractivity contribution is -0.140. The highest BCUT2D eigenvalue weighted by molar-refractivity contribution is 5.79. The normalized spacial score (nSPS) is 11.3. The highest BCUT2D eigenvalue weighted by atomic mass is 16.5. The predicted octanol–water partition coefficient (Wildman–Crippen LogP) is 3.09. The average molecular weight is 400 g/mol. The molecule has 2 N–H and O–H groups in total. The lowest BCUT2D eigenvalue weighted by atomic mass is 10.1. The van der Waals surface area contributed by atoms with Crippen molar-refractivity contribution in [3.8, 4) is 5.69 Å². The van der Waals surface area contributed by atoms with Crippen molar-refractivity contribution in [1.29, 1.82) is 0 Å². The first-order chi connectivity index (χ1) is 14.2. The molecule has 0 saturated carbocycles. The number of nitrogens with zero attached hydrogens (tertiary/aromatic N) is 3. The molecule has 0 bridgehead atoms. The van der Waals surface area contributed by atoms with Crippen LogP contribution in [-0.2, 0) is 16.0 Å². The number of aliphatic imine (C=N–C) groups is 1. The van der Waals surface area contributed by atoms with Crippen molar-refractivity contribution in [3.05, 3.63) is 48.3 Å². The number of carbonyl (C=O) groups is 1. The molecule has 7 heteroatoms. The minimum Gasteiger partial charge on any atom is -0.469 e. The number of ether oxygens (including phenoxy) is 1. The summed E-state index contributed by atoms with van der Waals surface area (Å²) < 4.78 is 6.50. The molecule has 2 rings (SSSR count). The van der Waals surface area contributed by atoms with Gasteiger partial charge in [-0.05, 0) is 49.9 Å². The van der Waals surface area contributed by atoms with Crippen LogP contribution in [0.1, 0.15) is 44.6 Å². The molecule has 0 amide bonds. The Kier molecular flexibility index (Phi) is 10.3. The van der Waals surface area contributed by atoms with Gasteiger partial charge in [-0.25, -0.2) is 4.68 Å². The standard InChI is InChI=1S/C22H33N5O2/c1-3-23-22(24-15-7-5-4-6-9-21(28)29-2)25-17-14-19-10-12-20(13-11-19)27-18-8-16-26-27/h8,10-13,16,18H,3-7,9,14-15,17H2,1-2H3,(H2,23,24,25). The van der Waals surface area contributed by atoms with Crippen molar-refractivity contribution < 1.29 is 9.53 Å². The zero-order valence-electron chi connectivity index (χ0n) is 17.6. The van der Waals surface area contributed by atoms with Crippen molar-refractivity contribution >= 4 is 11.9 Å². The Morgan fingerprint density at radius 1 is 1.14 bits per heavy atom. The summed E-state index contributed by atoms with van der Waals surface area (Å²) in [6, 6.07) is 10.4. The Bertz CT molecular complexity index is 726. The molecule has 7 nitrogen and oxygen atoms in total. The largest absolute Gasteiger partial charge is 0.469 e. The van der Waals surface area contributed by atoms with Crippen LogP contribution in [-0.4, -0.2) is 48.5 Å².